The van der Waals surface area contributed by atoms with Gasteiger partial charge in [-0.2, -0.15) is 0 Å². The number of halogens is 2. The van der Waals surface area contributed by atoms with Gasteiger partial charge in [0.05, 0.1) is 10.4 Å². The van der Waals surface area contributed by atoms with Gasteiger partial charge < -0.3 is 14.4 Å². The van der Waals surface area contributed by atoms with Crippen molar-refractivity contribution in [2.75, 3.05) is 0 Å². The molecule has 2 heterocycles. The van der Waals surface area contributed by atoms with Gasteiger partial charge in [-0.15, -0.1) is 0 Å². The van der Waals surface area contributed by atoms with E-state index in [0.29, 0.717) is 38.0 Å². The van der Waals surface area contributed by atoms with Crippen LogP contribution < -0.4 is 4.74 Å². The number of aromatic nitrogens is 1. The minimum Gasteiger partial charge on any atom is -0.478 e. The molecule has 1 aromatic heterocycles. The Morgan fingerprint density at radius 1 is 1.30 bits per heavy atom. The molecule has 0 saturated heterocycles. The Kier molecular flexibility index (Phi) is 3.21. The quantitative estimate of drug-likeness (QED) is 0.750. The third kappa shape index (κ3) is 2.24. The fourth-order valence-corrected chi connectivity index (χ4v) is 3.21. The first-order chi connectivity index (χ1) is 11.0. The summed E-state index contributed by atoms with van der Waals surface area (Å²) in [5, 5.41) is 14.9. The Hall–Kier alpha value is -2.24. The average Bonchev–Trinajstić information content (AvgIpc) is 3.11. The van der Waals surface area contributed by atoms with Crippen LogP contribution in [-0.2, 0) is 11.2 Å². The number of fused-ring (bicyclic) bond motifs is 3. The number of nitrogens with zero attached hydrogens (tertiary/aromatic N) is 1. The van der Waals surface area contributed by atoms with E-state index in [-0.39, 0.29) is 6.42 Å². The van der Waals surface area contributed by atoms with Gasteiger partial charge in [0.15, 0.2) is 11.7 Å². The number of hydrogen-bond acceptors (Lipinski definition) is 4. The zero-order chi connectivity index (χ0) is 16.1. The van der Waals surface area contributed by atoms with Gasteiger partial charge in [0, 0.05) is 22.6 Å². The van der Waals surface area contributed by atoms with Gasteiger partial charge in [-0.05, 0) is 18.2 Å². The number of rotatable bonds is 2. The van der Waals surface area contributed by atoms with Gasteiger partial charge in [0.1, 0.15) is 11.4 Å². The van der Waals surface area contributed by atoms with Crippen molar-refractivity contribution in [2.45, 2.75) is 12.5 Å². The van der Waals surface area contributed by atoms with Crippen LogP contribution in [0.2, 0.25) is 10.0 Å². The van der Waals surface area contributed by atoms with Crippen molar-refractivity contribution < 1.29 is 19.2 Å². The summed E-state index contributed by atoms with van der Waals surface area (Å²) in [5.41, 5.74) is 2.51. The summed E-state index contributed by atoms with van der Waals surface area (Å²) in [6.07, 6.45) is -0.779. The van der Waals surface area contributed by atoms with Gasteiger partial charge in [0.2, 0.25) is 0 Å². The molecule has 1 aliphatic rings. The highest BCUT2D eigenvalue weighted by molar-refractivity contribution is 6.33. The minimum absolute atomic E-state index is 0.186. The fourth-order valence-electron chi connectivity index (χ4n) is 2.75. The highest BCUT2D eigenvalue weighted by atomic mass is 35.5. The molecule has 23 heavy (non-hydrogen) atoms. The first kappa shape index (κ1) is 14.4. The predicted molar refractivity (Wildman–Crippen MR) is 85.2 cm³/mol. The van der Waals surface area contributed by atoms with E-state index in [2.05, 4.69) is 5.16 Å². The molecule has 0 bridgehead atoms. The van der Waals surface area contributed by atoms with Crippen LogP contribution in [0.1, 0.15) is 5.56 Å². The fraction of sp³-hybridized carbons (Fsp3) is 0.125. The van der Waals surface area contributed by atoms with Crippen molar-refractivity contribution in [2.24, 2.45) is 0 Å². The topological polar surface area (TPSA) is 72.6 Å². The van der Waals surface area contributed by atoms with E-state index in [1.54, 1.807) is 18.2 Å². The molecule has 2 aromatic carbocycles. The van der Waals surface area contributed by atoms with Gasteiger partial charge in [-0.25, -0.2) is 4.79 Å². The summed E-state index contributed by atoms with van der Waals surface area (Å²) in [4.78, 5) is 11.2. The van der Waals surface area contributed by atoms with Crippen LogP contribution in [0.25, 0.3) is 22.2 Å². The molecule has 1 unspecified atom stereocenters. The first-order valence-corrected chi connectivity index (χ1v) is 7.56. The number of carboxylic acid groups (broad SMARTS) is 1. The molecular formula is C16H9Cl2NO4. The lowest BCUT2D eigenvalue weighted by Gasteiger charge is -2.05. The lowest BCUT2D eigenvalue weighted by molar-refractivity contribution is -0.144. The van der Waals surface area contributed by atoms with E-state index in [4.69, 9.17) is 37.6 Å². The minimum atomic E-state index is -1.04. The molecule has 4 rings (SSSR count). The molecule has 3 aromatic rings. The second-order valence-corrected chi connectivity index (χ2v) is 6.08. The van der Waals surface area contributed by atoms with Crippen LogP contribution in [0.15, 0.2) is 34.9 Å². The number of carboxylic acids is 1. The summed E-state index contributed by atoms with van der Waals surface area (Å²) >= 11 is 12.3. The number of benzene rings is 2. The van der Waals surface area contributed by atoms with Crippen molar-refractivity contribution in [3.63, 3.8) is 0 Å². The van der Waals surface area contributed by atoms with Crippen LogP contribution in [0.3, 0.4) is 0 Å². The van der Waals surface area contributed by atoms with E-state index in [9.17, 15) is 4.79 Å². The highest BCUT2D eigenvalue weighted by Gasteiger charge is 2.34. The average molecular weight is 350 g/mol. The monoisotopic (exact) mass is 349 g/mol. The molecule has 1 N–H and O–H groups in total. The Morgan fingerprint density at radius 2 is 2.13 bits per heavy atom. The summed E-state index contributed by atoms with van der Waals surface area (Å²) in [6, 6.07) is 8.89. The molecule has 116 valence electrons. The van der Waals surface area contributed by atoms with Crippen LogP contribution >= 0.6 is 23.2 Å². The molecule has 5 nitrogen and oxygen atoms in total. The summed E-state index contributed by atoms with van der Waals surface area (Å²) in [6.45, 7) is 0. The SMILES string of the molecule is O=C(O)C1Cc2c(c(Cl)cc3c(-c4cccc(Cl)c4)noc23)O1. The summed E-state index contributed by atoms with van der Waals surface area (Å²) in [7, 11) is 0. The third-order valence-electron chi connectivity index (χ3n) is 3.79. The number of aliphatic carboxylic acids is 1. The van der Waals surface area contributed by atoms with Crippen molar-refractivity contribution >= 4 is 40.1 Å². The van der Waals surface area contributed by atoms with Crippen molar-refractivity contribution in [1.82, 2.24) is 5.16 Å². The van der Waals surface area contributed by atoms with E-state index < -0.39 is 12.1 Å². The number of carbonyl (C=O) groups is 1. The smallest absolute Gasteiger partial charge is 0.345 e. The molecule has 0 fully saturated rings. The summed E-state index contributed by atoms with van der Waals surface area (Å²) in [5.74, 6) is -0.694. The van der Waals surface area contributed by atoms with E-state index in [0.717, 1.165) is 5.56 Å². The zero-order valence-corrected chi connectivity index (χ0v) is 13.1. The van der Waals surface area contributed by atoms with Gasteiger partial charge in [-0.3, -0.25) is 0 Å². The van der Waals surface area contributed by atoms with Gasteiger partial charge >= 0.3 is 5.97 Å². The molecule has 1 atom stereocenters. The second kappa shape index (κ2) is 5.15. The van der Waals surface area contributed by atoms with Crippen LogP contribution in [0, 0.1) is 0 Å². The summed E-state index contributed by atoms with van der Waals surface area (Å²) < 4.78 is 10.8. The molecule has 0 aliphatic carbocycles. The lowest BCUT2D eigenvalue weighted by Crippen LogP contribution is -2.24. The van der Waals surface area contributed by atoms with Gasteiger partial charge in [-0.1, -0.05) is 40.5 Å². The van der Waals surface area contributed by atoms with Crippen LogP contribution in [-0.4, -0.2) is 22.3 Å². The maximum absolute atomic E-state index is 11.2. The third-order valence-corrected chi connectivity index (χ3v) is 4.30. The standard InChI is InChI=1S/C16H9Cl2NO4/c17-8-3-1-2-7(4-8)13-9-5-11(18)15-10(14(9)23-19-13)6-12(22-15)16(20)21/h1-5,12H,6H2,(H,20,21). The van der Waals surface area contributed by atoms with E-state index in [1.165, 1.54) is 0 Å². The number of hydrogen-bond donors (Lipinski definition) is 1. The van der Waals surface area contributed by atoms with E-state index >= 15 is 0 Å². The van der Waals surface area contributed by atoms with Crippen LogP contribution in [0.4, 0.5) is 0 Å². The van der Waals surface area contributed by atoms with Crippen molar-refractivity contribution in [1.29, 1.82) is 0 Å². The largest absolute Gasteiger partial charge is 0.478 e. The first-order valence-electron chi connectivity index (χ1n) is 6.81. The van der Waals surface area contributed by atoms with Gasteiger partial charge in [0.25, 0.3) is 0 Å². The predicted octanol–water partition coefficient (Wildman–Crippen LogP) is 4.19. The van der Waals surface area contributed by atoms with Crippen molar-refractivity contribution in [3.8, 4) is 17.0 Å². The Bertz CT molecular complexity index is 951. The Balaban J connectivity index is 1.91. The molecule has 0 amide bonds. The normalized spacial score (nSPS) is 16.3. The Morgan fingerprint density at radius 3 is 2.87 bits per heavy atom. The van der Waals surface area contributed by atoms with E-state index in [1.807, 2.05) is 12.1 Å². The zero-order valence-electron chi connectivity index (χ0n) is 11.5. The molecule has 0 saturated carbocycles. The molecule has 0 spiro atoms. The Labute approximate surface area is 140 Å². The maximum atomic E-state index is 11.2. The molecule has 0 radical (unpaired) electrons. The molecule has 7 heteroatoms. The highest BCUT2D eigenvalue weighted by Crippen LogP contribution is 2.43. The second-order valence-electron chi connectivity index (χ2n) is 5.23. The molecule has 1 aliphatic heterocycles. The number of ether oxygens (including phenoxy) is 1. The maximum Gasteiger partial charge on any atom is 0.345 e. The van der Waals surface area contributed by atoms with Crippen LogP contribution in [0.5, 0.6) is 5.75 Å². The lowest BCUT2D eigenvalue weighted by atomic mass is 10.0. The van der Waals surface area contributed by atoms with Crippen molar-refractivity contribution in [3.05, 3.63) is 45.9 Å². The molecular weight excluding hydrogens is 341 g/mol.